The minimum absolute atomic E-state index is 0.368. The van der Waals surface area contributed by atoms with Gasteiger partial charge in [0.25, 0.3) is 0 Å². The van der Waals surface area contributed by atoms with Crippen molar-refractivity contribution in [1.29, 1.82) is 0 Å². The molecule has 1 aromatic carbocycles. The summed E-state index contributed by atoms with van der Waals surface area (Å²) >= 11 is 0. The third-order valence-corrected chi connectivity index (χ3v) is 1.80. The quantitative estimate of drug-likeness (QED) is 0.359. The van der Waals surface area contributed by atoms with E-state index in [0.717, 1.165) is 0 Å². The number of nitrogens with zero attached hydrogens (tertiary/aromatic N) is 1. The molecular formula is C8H8N3O3S+. The Balaban J connectivity index is 2.87. The van der Waals surface area contributed by atoms with Gasteiger partial charge in [0.2, 0.25) is 0 Å². The maximum Gasteiger partial charge on any atom is 0.463 e. The number of carbonyl (C=O) groups is 1. The number of nitrogens with two attached hydrogens (primary N) is 1. The van der Waals surface area contributed by atoms with E-state index in [2.05, 4.69) is 9.36 Å². The second-order valence-electron chi connectivity index (χ2n) is 2.51. The highest BCUT2D eigenvalue weighted by Gasteiger charge is 2.11. The predicted molar refractivity (Wildman–Crippen MR) is 54.2 cm³/mol. The molecule has 1 aromatic rings. The molecule has 0 heterocycles. The Hall–Kier alpha value is -2.11. The van der Waals surface area contributed by atoms with Gasteiger partial charge in [-0.15, -0.1) is 12.5 Å². The van der Waals surface area contributed by atoms with Crippen LogP contribution in [0, 0.1) is 0 Å². The highest BCUT2D eigenvalue weighted by molar-refractivity contribution is 7.61. The number of rotatable bonds is 1. The van der Waals surface area contributed by atoms with E-state index in [9.17, 15) is 13.2 Å². The molecule has 7 heteroatoms. The smallest absolute Gasteiger partial charge is 0.275 e. The standard InChI is InChI=1S/C8H7N3O3S/c9-8(11-15(13)14)10-7(12)6-4-2-1-3-5-6/h1-5H,(H2,9,10,12)/p+1. The van der Waals surface area contributed by atoms with E-state index in [-0.39, 0.29) is 0 Å². The Morgan fingerprint density at radius 3 is 2.40 bits per heavy atom. The van der Waals surface area contributed by atoms with Crippen LogP contribution >= 0.6 is 0 Å². The van der Waals surface area contributed by atoms with E-state index in [1.165, 1.54) is 0 Å². The van der Waals surface area contributed by atoms with E-state index in [1.807, 2.05) is 0 Å². The summed E-state index contributed by atoms with van der Waals surface area (Å²) in [6.45, 7) is 0. The van der Waals surface area contributed by atoms with Crippen LogP contribution in [-0.4, -0.2) is 20.3 Å². The van der Waals surface area contributed by atoms with Crippen molar-refractivity contribution < 1.29 is 13.2 Å². The fourth-order valence-electron chi connectivity index (χ4n) is 0.881. The zero-order valence-corrected chi connectivity index (χ0v) is 8.36. The van der Waals surface area contributed by atoms with Gasteiger partial charge in [0.15, 0.2) is 0 Å². The number of guanidine groups is 1. The Labute approximate surface area is 87.2 Å². The topological polar surface area (TPSA) is 103 Å². The van der Waals surface area contributed by atoms with Gasteiger partial charge in [-0.05, 0) is 12.1 Å². The van der Waals surface area contributed by atoms with Crippen LogP contribution in [0.15, 0.2) is 30.3 Å². The van der Waals surface area contributed by atoms with Crippen LogP contribution in [0.3, 0.4) is 0 Å². The largest absolute Gasteiger partial charge is 0.463 e. The molecule has 0 aliphatic carbocycles. The van der Waals surface area contributed by atoms with Crippen molar-refractivity contribution in [3.8, 4) is 0 Å². The number of benzene rings is 1. The lowest BCUT2D eigenvalue weighted by Gasteiger charge is -1.94. The summed E-state index contributed by atoms with van der Waals surface area (Å²) < 4.78 is 23.1. The summed E-state index contributed by atoms with van der Waals surface area (Å²) in [7, 11) is -2.67. The zero-order valence-electron chi connectivity index (χ0n) is 7.54. The van der Waals surface area contributed by atoms with Crippen LogP contribution in [0.4, 0.5) is 0 Å². The lowest BCUT2D eigenvalue weighted by atomic mass is 10.2. The molecule has 6 nitrogen and oxygen atoms in total. The number of hydrogen-bond donors (Lipinski definition) is 2. The van der Waals surface area contributed by atoms with E-state index >= 15 is 0 Å². The van der Waals surface area contributed by atoms with E-state index in [1.54, 1.807) is 30.3 Å². The van der Waals surface area contributed by atoms with Gasteiger partial charge in [0.05, 0.1) is 5.56 Å². The third kappa shape index (κ3) is 3.63. The summed E-state index contributed by atoms with van der Waals surface area (Å²) in [5, 5.41) is 2.12. The van der Waals surface area contributed by atoms with Gasteiger partial charge in [-0.3, -0.25) is 10.5 Å². The molecule has 15 heavy (non-hydrogen) atoms. The van der Waals surface area contributed by atoms with Crippen molar-refractivity contribution in [3.63, 3.8) is 0 Å². The highest BCUT2D eigenvalue weighted by atomic mass is 32.2. The SMILES string of the molecule is NC(=[N+]=S(=O)=O)NC(=O)c1ccccc1. The van der Waals surface area contributed by atoms with E-state index in [4.69, 9.17) is 5.73 Å². The molecule has 0 bridgehead atoms. The molecule has 1 amide bonds. The molecule has 0 saturated heterocycles. The van der Waals surface area contributed by atoms with Crippen molar-refractivity contribution in [2.45, 2.75) is 0 Å². The number of nitrogens with one attached hydrogen (secondary N) is 1. The summed E-state index contributed by atoms with van der Waals surface area (Å²) in [6.07, 6.45) is 0. The molecule has 1 rings (SSSR count). The normalized spacial score (nSPS) is 8.80. The van der Waals surface area contributed by atoms with Gasteiger partial charge in [-0.2, -0.15) is 5.32 Å². The van der Waals surface area contributed by atoms with Gasteiger partial charge in [0, 0.05) is 0 Å². The number of amides is 1. The maximum absolute atomic E-state index is 11.4. The molecule has 0 aliphatic heterocycles. The molecule has 3 N–H and O–H groups in total. The second kappa shape index (κ2) is 4.94. The van der Waals surface area contributed by atoms with Crippen LogP contribution in [0.25, 0.3) is 0 Å². The van der Waals surface area contributed by atoms with Gasteiger partial charge in [0.1, 0.15) is 0 Å². The molecule has 0 fully saturated rings. The van der Waals surface area contributed by atoms with Crippen LogP contribution in [0.2, 0.25) is 0 Å². The van der Waals surface area contributed by atoms with Crippen LogP contribution in [0.5, 0.6) is 0 Å². The summed E-state index contributed by atoms with van der Waals surface area (Å²) in [5.41, 5.74) is 5.51. The number of carbonyl (C=O) groups excluding carboxylic acids is 1. The van der Waals surface area contributed by atoms with E-state index < -0.39 is 22.4 Å². The summed E-state index contributed by atoms with van der Waals surface area (Å²) in [5.74, 6) is -0.973. The summed E-state index contributed by atoms with van der Waals surface area (Å²) in [4.78, 5) is 11.4. The fourth-order valence-corrected chi connectivity index (χ4v) is 1.09. The first-order valence-electron chi connectivity index (χ1n) is 3.89. The average Bonchev–Trinajstić information content (AvgIpc) is 2.17. The Morgan fingerprint density at radius 1 is 1.27 bits per heavy atom. The first-order valence-corrected chi connectivity index (χ1v) is 4.92. The minimum atomic E-state index is -2.67. The van der Waals surface area contributed by atoms with Crippen molar-refractivity contribution >= 4 is 22.4 Å². The Morgan fingerprint density at radius 2 is 1.87 bits per heavy atom. The van der Waals surface area contributed by atoms with E-state index in [0.29, 0.717) is 5.56 Å². The molecule has 0 spiro atoms. The van der Waals surface area contributed by atoms with Crippen molar-refractivity contribution in [2.24, 2.45) is 5.73 Å². The van der Waals surface area contributed by atoms with Gasteiger partial charge in [-0.1, -0.05) is 18.2 Å². The zero-order chi connectivity index (χ0) is 11.3. The molecule has 0 saturated carbocycles. The lowest BCUT2D eigenvalue weighted by molar-refractivity contribution is 0.0976. The molecule has 0 aliphatic rings. The lowest BCUT2D eigenvalue weighted by Crippen LogP contribution is -2.38. The van der Waals surface area contributed by atoms with Gasteiger partial charge in [-0.25, -0.2) is 0 Å². The average molecular weight is 226 g/mol. The first kappa shape index (κ1) is 11.0. The highest BCUT2D eigenvalue weighted by Crippen LogP contribution is 1.96. The molecule has 0 atom stereocenters. The van der Waals surface area contributed by atoms with Gasteiger partial charge < -0.3 is 0 Å². The fraction of sp³-hybridized carbons (Fsp3) is 0. The van der Waals surface area contributed by atoms with Crippen LogP contribution in [0.1, 0.15) is 10.4 Å². The Bertz CT molecular complexity index is 522. The predicted octanol–water partition coefficient (Wildman–Crippen LogP) is -1.14. The second-order valence-corrected chi connectivity index (χ2v) is 3.13. The molecule has 0 aromatic heterocycles. The van der Waals surface area contributed by atoms with Crippen LogP contribution < -0.4 is 15.1 Å². The molecule has 78 valence electrons. The van der Waals surface area contributed by atoms with Crippen molar-refractivity contribution in [3.05, 3.63) is 35.9 Å². The molecule has 0 radical (unpaired) electrons. The third-order valence-electron chi connectivity index (χ3n) is 1.45. The monoisotopic (exact) mass is 226 g/mol. The maximum atomic E-state index is 11.4. The molecule has 0 unspecified atom stereocenters. The Kier molecular flexibility index (Phi) is 3.61. The first-order chi connectivity index (χ1) is 7.09. The minimum Gasteiger partial charge on any atom is -0.275 e. The van der Waals surface area contributed by atoms with Crippen molar-refractivity contribution in [2.75, 3.05) is 0 Å². The van der Waals surface area contributed by atoms with Gasteiger partial charge >= 0.3 is 22.4 Å². The summed E-state index contributed by atoms with van der Waals surface area (Å²) in [6, 6.07) is 8.23. The molecular weight excluding hydrogens is 218 g/mol. The van der Waals surface area contributed by atoms with Crippen molar-refractivity contribution in [1.82, 2.24) is 9.36 Å². The number of hydrogen-bond acceptors (Lipinski definition) is 3. The van der Waals surface area contributed by atoms with Crippen LogP contribution in [-0.2, 0) is 10.5 Å².